The first kappa shape index (κ1) is 13.0. The second kappa shape index (κ2) is 4.91. The molecule has 2 heterocycles. The molecule has 4 nitrogen and oxygen atoms in total. The van der Waals surface area contributed by atoms with Gasteiger partial charge in [-0.3, -0.25) is 4.79 Å². The molecule has 1 amide bonds. The molecular formula is C18H16N2O2. The second-order valence-electron chi connectivity index (χ2n) is 5.46. The lowest BCUT2D eigenvalue weighted by Gasteiger charge is -2.42. The van der Waals surface area contributed by atoms with Gasteiger partial charge in [-0.15, -0.1) is 6.58 Å². The fourth-order valence-corrected chi connectivity index (χ4v) is 3.17. The summed E-state index contributed by atoms with van der Waals surface area (Å²) in [4.78, 5) is 14.4. The Balaban J connectivity index is 1.83. The average molecular weight is 292 g/mol. The van der Waals surface area contributed by atoms with Crippen molar-refractivity contribution in [2.45, 2.75) is 12.6 Å². The minimum Gasteiger partial charge on any atom is -0.472 e. The van der Waals surface area contributed by atoms with Crippen LogP contribution in [0, 0.1) is 0 Å². The van der Waals surface area contributed by atoms with Gasteiger partial charge in [0.25, 0.3) is 5.91 Å². The number of para-hydroxylation sites is 2. The second-order valence-corrected chi connectivity index (χ2v) is 5.46. The van der Waals surface area contributed by atoms with Crippen LogP contribution in [-0.2, 0) is 6.42 Å². The normalized spacial score (nSPS) is 18.5. The van der Waals surface area contributed by atoms with E-state index in [4.69, 9.17) is 4.74 Å². The zero-order chi connectivity index (χ0) is 15.1. The first-order chi connectivity index (χ1) is 10.8. The Kier molecular flexibility index (Phi) is 2.89. The third-order valence-corrected chi connectivity index (χ3v) is 4.17. The van der Waals surface area contributed by atoms with E-state index in [1.165, 1.54) is 0 Å². The van der Waals surface area contributed by atoms with Gasteiger partial charge in [0, 0.05) is 5.56 Å². The number of carbonyl (C=O) groups excluding carboxylic acids is 1. The van der Waals surface area contributed by atoms with Crippen molar-refractivity contribution in [3.8, 4) is 5.75 Å². The molecule has 1 unspecified atom stereocenters. The highest BCUT2D eigenvalue weighted by atomic mass is 16.5. The molecule has 0 saturated carbocycles. The van der Waals surface area contributed by atoms with Crippen LogP contribution in [0.25, 0.3) is 0 Å². The monoisotopic (exact) mass is 292 g/mol. The van der Waals surface area contributed by atoms with E-state index in [0.717, 1.165) is 29.0 Å². The van der Waals surface area contributed by atoms with Crippen molar-refractivity contribution in [2.24, 2.45) is 0 Å². The van der Waals surface area contributed by atoms with Gasteiger partial charge in [0.05, 0.1) is 11.3 Å². The first-order valence-corrected chi connectivity index (χ1v) is 7.31. The Morgan fingerprint density at radius 2 is 2.14 bits per heavy atom. The molecule has 110 valence electrons. The molecule has 1 atom stereocenters. The van der Waals surface area contributed by atoms with Gasteiger partial charge < -0.3 is 15.0 Å². The number of rotatable bonds is 2. The van der Waals surface area contributed by atoms with Gasteiger partial charge in [-0.25, -0.2) is 0 Å². The number of ether oxygens (including phenoxy) is 1. The van der Waals surface area contributed by atoms with Crippen LogP contribution in [0.1, 0.15) is 27.7 Å². The molecule has 0 fully saturated rings. The number of amides is 1. The maximum absolute atomic E-state index is 12.4. The fourth-order valence-electron chi connectivity index (χ4n) is 3.17. The number of hydrogen-bond donors (Lipinski definition) is 1. The maximum Gasteiger partial charge on any atom is 0.255 e. The highest BCUT2D eigenvalue weighted by Gasteiger charge is 2.36. The highest BCUT2D eigenvalue weighted by Crippen LogP contribution is 2.41. The van der Waals surface area contributed by atoms with Gasteiger partial charge in [0.1, 0.15) is 11.9 Å². The molecule has 0 aliphatic carbocycles. The molecule has 0 bridgehead atoms. The Morgan fingerprint density at radius 3 is 3.00 bits per heavy atom. The minimum absolute atomic E-state index is 0.0428. The van der Waals surface area contributed by atoms with Crippen molar-refractivity contribution in [3.05, 3.63) is 71.8 Å². The molecule has 0 saturated heterocycles. The zero-order valence-electron chi connectivity index (χ0n) is 12.1. The molecular weight excluding hydrogens is 276 g/mol. The van der Waals surface area contributed by atoms with E-state index in [9.17, 15) is 4.79 Å². The minimum atomic E-state index is -0.184. The number of benzene rings is 2. The largest absolute Gasteiger partial charge is 0.472 e. The smallest absolute Gasteiger partial charge is 0.255 e. The lowest BCUT2D eigenvalue weighted by atomic mass is 9.99. The van der Waals surface area contributed by atoms with Crippen molar-refractivity contribution >= 4 is 11.6 Å². The lowest BCUT2D eigenvalue weighted by Crippen LogP contribution is -2.50. The lowest BCUT2D eigenvalue weighted by molar-refractivity contribution is 0.0912. The van der Waals surface area contributed by atoms with Gasteiger partial charge in [-0.1, -0.05) is 36.4 Å². The van der Waals surface area contributed by atoms with Crippen LogP contribution in [0.3, 0.4) is 0 Å². The van der Waals surface area contributed by atoms with Crippen LogP contribution in [0.2, 0.25) is 0 Å². The van der Waals surface area contributed by atoms with E-state index in [2.05, 4.69) is 16.8 Å². The molecule has 2 aliphatic rings. The summed E-state index contributed by atoms with van der Waals surface area (Å²) in [5, 5.41) is 3.08. The summed E-state index contributed by atoms with van der Waals surface area (Å²) in [7, 11) is 0. The number of carbonyl (C=O) groups is 1. The number of hydrogen-bond acceptors (Lipinski definition) is 3. The fraction of sp³-hybridized carbons (Fsp3) is 0.167. The number of anilines is 1. The molecule has 2 aromatic carbocycles. The van der Waals surface area contributed by atoms with Crippen molar-refractivity contribution in [1.29, 1.82) is 0 Å². The molecule has 1 N–H and O–H groups in total. The summed E-state index contributed by atoms with van der Waals surface area (Å²) in [6.07, 6.45) is 2.43. The van der Waals surface area contributed by atoms with Crippen LogP contribution >= 0.6 is 0 Å². The highest BCUT2D eigenvalue weighted by molar-refractivity contribution is 6.02. The number of fused-ring (bicyclic) bond motifs is 5. The van der Waals surface area contributed by atoms with Crippen LogP contribution in [-0.4, -0.2) is 12.6 Å². The summed E-state index contributed by atoms with van der Waals surface area (Å²) in [5.41, 5.74) is 3.69. The van der Waals surface area contributed by atoms with Gasteiger partial charge in [-0.2, -0.15) is 0 Å². The van der Waals surface area contributed by atoms with Crippen molar-refractivity contribution < 1.29 is 9.53 Å². The average Bonchev–Trinajstić information content (AvgIpc) is 2.56. The molecule has 22 heavy (non-hydrogen) atoms. The quantitative estimate of drug-likeness (QED) is 0.865. The topological polar surface area (TPSA) is 41.6 Å². The van der Waals surface area contributed by atoms with E-state index >= 15 is 0 Å². The molecule has 0 spiro atoms. The maximum atomic E-state index is 12.4. The Labute approximate surface area is 129 Å². The molecule has 4 rings (SSSR count). The van der Waals surface area contributed by atoms with Crippen LogP contribution in [0.4, 0.5) is 5.69 Å². The number of allylic oxidation sites excluding steroid dienone is 1. The van der Waals surface area contributed by atoms with Crippen molar-refractivity contribution in [2.75, 3.05) is 11.6 Å². The molecule has 0 radical (unpaired) electrons. The summed E-state index contributed by atoms with van der Waals surface area (Å²) in [6.45, 7) is 4.21. The van der Waals surface area contributed by atoms with E-state index in [1.54, 1.807) is 0 Å². The first-order valence-electron chi connectivity index (χ1n) is 7.31. The summed E-state index contributed by atoms with van der Waals surface area (Å²) in [6, 6.07) is 13.7. The van der Waals surface area contributed by atoms with Crippen LogP contribution in [0.15, 0.2) is 55.1 Å². The van der Waals surface area contributed by atoms with Gasteiger partial charge in [-0.05, 0) is 24.1 Å². The molecule has 4 heteroatoms. The Bertz CT molecular complexity index is 769. The van der Waals surface area contributed by atoms with Gasteiger partial charge >= 0.3 is 0 Å². The van der Waals surface area contributed by atoms with Gasteiger partial charge in [0.2, 0.25) is 0 Å². The van der Waals surface area contributed by atoms with E-state index in [0.29, 0.717) is 12.3 Å². The van der Waals surface area contributed by atoms with Crippen molar-refractivity contribution in [1.82, 2.24) is 5.32 Å². The molecule has 2 aliphatic heterocycles. The molecule has 2 aromatic rings. The SMILES string of the molecule is C=CCc1cccc2c1OCN1c3ccccc3C(=O)NC21. The predicted molar refractivity (Wildman–Crippen MR) is 85.0 cm³/mol. The number of nitrogens with zero attached hydrogens (tertiary/aromatic N) is 1. The number of nitrogens with one attached hydrogen (secondary N) is 1. The zero-order valence-corrected chi connectivity index (χ0v) is 12.1. The molecule has 0 aromatic heterocycles. The van der Waals surface area contributed by atoms with Gasteiger partial charge in [0.15, 0.2) is 6.73 Å². The third-order valence-electron chi connectivity index (χ3n) is 4.17. The van der Waals surface area contributed by atoms with Crippen LogP contribution in [0.5, 0.6) is 5.75 Å². The Hall–Kier alpha value is -2.75. The van der Waals surface area contributed by atoms with E-state index in [1.807, 2.05) is 48.5 Å². The van der Waals surface area contributed by atoms with E-state index < -0.39 is 0 Å². The predicted octanol–water partition coefficient (Wildman–Crippen LogP) is 3.01. The summed E-state index contributed by atoms with van der Waals surface area (Å²) >= 11 is 0. The standard InChI is InChI=1S/C18H16N2O2/c1-2-6-12-7-5-9-14-16(12)22-11-20-15-10-4-3-8-13(15)18(21)19-17(14)20/h2-5,7-10,17H,1,6,11H2,(H,19,21). The van der Waals surface area contributed by atoms with Crippen molar-refractivity contribution in [3.63, 3.8) is 0 Å². The summed E-state index contributed by atoms with van der Waals surface area (Å²) in [5.74, 6) is 0.821. The van der Waals surface area contributed by atoms with E-state index in [-0.39, 0.29) is 12.1 Å². The Morgan fingerprint density at radius 1 is 1.27 bits per heavy atom. The summed E-state index contributed by atoms with van der Waals surface area (Å²) < 4.78 is 6.00. The van der Waals surface area contributed by atoms with Crippen LogP contribution < -0.4 is 15.0 Å². The third kappa shape index (κ3) is 1.80.